The van der Waals surface area contributed by atoms with E-state index in [1.807, 2.05) is 24.3 Å². The van der Waals surface area contributed by atoms with Crippen LogP contribution in [0.25, 0.3) is 17.0 Å². The Morgan fingerprint density at radius 2 is 2.19 bits per heavy atom. The third-order valence-corrected chi connectivity index (χ3v) is 3.60. The highest BCUT2D eigenvalue weighted by atomic mass is 35.5. The number of nitrogens with zero attached hydrogens (tertiary/aromatic N) is 1. The first-order chi connectivity index (χ1) is 10.1. The van der Waals surface area contributed by atoms with Crippen molar-refractivity contribution in [2.24, 2.45) is 0 Å². The van der Waals surface area contributed by atoms with Gasteiger partial charge in [0.05, 0.1) is 6.26 Å². The van der Waals surface area contributed by atoms with E-state index in [9.17, 15) is 9.59 Å². The zero-order valence-corrected chi connectivity index (χ0v) is 11.8. The molecule has 1 aromatic heterocycles. The van der Waals surface area contributed by atoms with Crippen molar-refractivity contribution in [1.82, 2.24) is 4.90 Å². The minimum absolute atomic E-state index is 0.0998. The number of rotatable bonds is 2. The van der Waals surface area contributed by atoms with E-state index in [1.54, 1.807) is 18.4 Å². The number of benzene rings is 1. The normalized spacial score (nSPS) is 15.8. The first kappa shape index (κ1) is 13.6. The van der Waals surface area contributed by atoms with E-state index in [-0.39, 0.29) is 10.9 Å². The van der Waals surface area contributed by atoms with Crippen LogP contribution in [-0.4, -0.2) is 23.3 Å². The van der Waals surface area contributed by atoms with Gasteiger partial charge in [-0.15, -0.1) is 0 Å². The Labute approximate surface area is 126 Å². The SMILES string of the molecule is O=C(/C=C/c1ccc2occc2c1)N1CCC=C(Cl)C1=O. The summed E-state index contributed by atoms with van der Waals surface area (Å²) >= 11 is 5.76. The molecule has 0 saturated heterocycles. The molecule has 1 aliphatic rings. The molecule has 0 saturated carbocycles. The van der Waals surface area contributed by atoms with Crippen molar-refractivity contribution >= 4 is 40.5 Å². The summed E-state index contributed by atoms with van der Waals surface area (Å²) in [6, 6.07) is 7.45. The molecule has 2 heterocycles. The van der Waals surface area contributed by atoms with Gasteiger partial charge in [0.25, 0.3) is 11.8 Å². The Hall–Kier alpha value is -2.33. The number of carbonyl (C=O) groups is 2. The lowest BCUT2D eigenvalue weighted by Gasteiger charge is -2.21. The Kier molecular flexibility index (Phi) is 3.62. The molecule has 0 unspecified atom stereocenters. The lowest BCUT2D eigenvalue weighted by Crippen LogP contribution is -2.38. The number of halogens is 1. The molecule has 106 valence electrons. The molecule has 1 aliphatic heterocycles. The summed E-state index contributed by atoms with van der Waals surface area (Å²) in [4.78, 5) is 25.0. The van der Waals surface area contributed by atoms with Gasteiger partial charge in [-0.2, -0.15) is 0 Å². The van der Waals surface area contributed by atoms with Gasteiger partial charge in [-0.3, -0.25) is 14.5 Å². The summed E-state index contributed by atoms with van der Waals surface area (Å²) < 4.78 is 5.25. The lowest BCUT2D eigenvalue weighted by molar-refractivity contribution is -0.139. The smallest absolute Gasteiger partial charge is 0.271 e. The van der Waals surface area contributed by atoms with Crippen LogP contribution in [0.5, 0.6) is 0 Å². The molecule has 1 aromatic carbocycles. The quantitative estimate of drug-likeness (QED) is 0.800. The van der Waals surface area contributed by atoms with Crippen LogP contribution in [0.3, 0.4) is 0 Å². The molecule has 0 bridgehead atoms. The molecule has 2 amide bonds. The number of imide groups is 1. The van der Waals surface area contributed by atoms with E-state index >= 15 is 0 Å². The molecule has 3 rings (SSSR count). The second-order valence-electron chi connectivity index (χ2n) is 4.69. The first-order valence-corrected chi connectivity index (χ1v) is 6.90. The fraction of sp³-hybridized carbons (Fsp3) is 0.125. The maximum Gasteiger partial charge on any atom is 0.271 e. The Morgan fingerprint density at radius 3 is 3.05 bits per heavy atom. The molecule has 4 nitrogen and oxygen atoms in total. The molecule has 0 N–H and O–H groups in total. The Balaban J connectivity index is 1.77. The maximum atomic E-state index is 12.1. The van der Waals surface area contributed by atoms with Gasteiger partial charge in [0.15, 0.2) is 0 Å². The fourth-order valence-corrected chi connectivity index (χ4v) is 2.41. The van der Waals surface area contributed by atoms with Crippen molar-refractivity contribution in [3.8, 4) is 0 Å². The highest BCUT2D eigenvalue weighted by molar-refractivity contribution is 6.43. The topological polar surface area (TPSA) is 50.5 Å². The molecule has 0 spiro atoms. The second kappa shape index (κ2) is 5.58. The molecular weight excluding hydrogens is 290 g/mol. The third-order valence-electron chi connectivity index (χ3n) is 3.29. The maximum absolute atomic E-state index is 12.1. The standard InChI is InChI=1S/C16H12ClNO3/c17-13-2-1-8-18(16(13)20)15(19)6-4-11-3-5-14-12(10-11)7-9-21-14/h2-7,9-10H,1,8H2/b6-4+. The average molecular weight is 302 g/mol. The lowest BCUT2D eigenvalue weighted by atomic mass is 10.1. The zero-order chi connectivity index (χ0) is 14.8. The molecule has 0 fully saturated rings. The molecule has 21 heavy (non-hydrogen) atoms. The van der Waals surface area contributed by atoms with Crippen LogP contribution < -0.4 is 0 Å². The summed E-state index contributed by atoms with van der Waals surface area (Å²) in [6.07, 6.45) is 6.89. The molecule has 0 radical (unpaired) electrons. The predicted molar refractivity (Wildman–Crippen MR) is 80.5 cm³/mol. The predicted octanol–water partition coefficient (Wildman–Crippen LogP) is 3.33. The minimum Gasteiger partial charge on any atom is -0.464 e. The largest absolute Gasteiger partial charge is 0.464 e. The average Bonchev–Trinajstić information content (AvgIpc) is 2.95. The van der Waals surface area contributed by atoms with Crippen molar-refractivity contribution in [1.29, 1.82) is 0 Å². The van der Waals surface area contributed by atoms with Gasteiger partial charge in [0, 0.05) is 18.0 Å². The van der Waals surface area contributed by atoms with Crippen molar-refractivity contribution in [3.05, 3.63) is 53.3 Å². The number of hydrogen-bond donors (Lipinski definition) is 0. The van der Waals surface area contributed by atoms with Crippen LogP contribution in [0.15, 0.2) is 52.1 Å². The van der Waals surface area contributed by atoms with E-state index < -0.39 is 5.91 Å². The molecule has 2 aromatic rings. The van der Waals surface area contributed by atoms with Crippen molar-refractivity contribution in [2.75, 3.05) is 6.54 Å². The van der Waals surface area contributed by atoms with Crippen LogP contribution in [-0.2, 0) is 9.59 Å². The van der Waals surface area contributed by atoms with Crippen LogP contribution in [0.2, 0.25) is 0 Å². The zero-order valence-electron chi connectivity index (χ0n) is 11.1. The van der Waals surface area contributed by atoms with E-state index in [0.717, 1.165) is 21.4 Å². The van der Waals surface area contributed by atoms with Crippen molar-refractivity contribution in [2.45, 2.75) is 6.42 Å². The molecule has 0 aliphatic carbocycles. The van der Waals surface area contributed by atoms with Gasteiger partial charge in [0.1, 0.15) is 10.6 Å². The summed E-state index contributed by atoms with van der Waals surface area (Å²) in [6.45, 7) is 0.360. The van der Waals surface area contributed by atoms with Gasteiger partial charge in [-0.25, -0.2) is 0 Å². The number of carbonyl (C=O) groups excluding carboxylic acids is 2. The van der Waals surface area contributed by atoms with Gasteiger partial charge in [0.2, 0.25) is 0 Å². The number of amides is 2. The minimum atomic E-state index is -0.442. The summed E-state index contributed by atoms with van der Waals surface area (Å²) in [5, 5.41) is 1.06. The summed E-state index contributed by atoms with van der Waals surface area (Å²) in [7, 11) is 0. The van der Waals surface area contributed by atoms with Crippen molar-refractivity contribution < 1.29 is 14.0 Å². The molecule has 5 heteroatoms. The number of hydrogen-bond acceptors (Lipinski definition) is 3. The Morgan fingerprint density at radius 1 is 1.33 bits per heavy atom. The van der Waals surface area contributed by atoms with E-state index in [1.165, 1.54) is 6.08 Å². The highest BCUT2D eigenvalue weighted by Crippen LogP contribution is 2.19. The second-order valence-corrected chi connectivity index (χ2v) is 5.09. The number of fused-ring (bicyclic) bond motifs is 1. The van der Waals surface area contributed by atoms with Crippen LogP contribution in [0.4, 0.5) is 0 Å². The van der Waals surface area contributed by atoms with Gasteiger partial charge >= 0.3 is 0 Å². The van der Waals surface area contributed by atoms with Crippen LogP contribution in [0.1, 0.15) is 12.0 Å². The number of furan rings is 1. The highest BCUT2D eigenvalue weighted by Gasteiger charge is 2.24. The van der Waals surface area contributed by atoms with Gasteiger partial charge in [-0.05, 0) is 36.3 Å². The van der Waals surface area contributed by atoms with Crippen molar-refractivity contribution in [3.63, 3.8) is 0 Å². The Bertz CT molecular complexity index is 773. The third kappa shape index (κ3) is 2.76. The van der Waals surface area contributed by atoms with Gasteiger partial charge < -0.3 is 4.42 Å². The van der Waals surface area contributed by atoms with E-state index in [4.69, 9.17) is 16.0 Å². The van der Waals surface area contributed by atoms with E-state index in [2.05, 4.69) is 0 Å². The monoisotopic (exact) mass is 301 g/mol. The van der Waals surface area contributed by atoms with Crippen LogP contribution >= 0.6 is 11.6 Å². The van der Waals surface area contributed by atoms with E-state index in [0.29, 0.717) is 13.0 Å². The first-order valence-electron chi connectivity index (χ1n) is 6.52. The molecular formula is C16H12ClNO3. The van der Waals surface area contributed by atoms with Crippen LogP contribution in [0, 0.1) is 0 Å². The molecule has 0 atom stereocenters. The summed E-state index contributed by atoms with van der Waals surface area (Å²) in [5.74, 6) is -0.804. The summed E-state index contributed by atoms with van der Waals surface area (Å²) in [5.41, 5.74) is 1.66. The fourth-order valence-electron chi connectivity index (χ4n) is 2.19. The van der Waals surface area contributed by atoms with Gasteiger partial charge in [-0.1, -0.05) is 23.7 Å².